The predicted molar refractivity (Wildman–Crippen MR) is 352 cm³/mol. The number of carboxylic acids is 2. The maximum absolute atomic E-state index is 13.3. The van der Waals surface area contributed by atoms with Crippen LogP contribution in [0.15, 0.2) is 69.0 Å². The Kier molecular flexibility index (Phi) is 30.7. The lowest BCUT2D eigenvalue weighted by molar-refractivity contribution is -0.368. The highest BCUT2D eigenvalue weighted by Crippen LogP contribution is 2.54. The average molecular weight is 1640 g/mol. The minimum absolute atomic E-state index is 0.0308. The largest absolute Gasteiger partial charge is 0.479 e. The predicted octanol–water partition coefficient (Wildman–Crippen LogP) is -9.21. The molecule has 0 bridgehead atoms. The van der Waals surface area contributed by atoms with E-state index in [1.165, 1.54) is 31.2 Å². The maximum Gasteiger partial charge on any atom is 0.442 e. The summed E-state index contributed by atoms with van der Waals surface area (Å²) in [5, 5.41) is 214. The fraction of sp³-hybridized carbons (Fsp3) is 0.714. The van der Waals surface area contributed by atoms with Gasteiger partial charge in [0.2, 0.25) is 17.7 Å². The molecule has 44 nitrogen and oxygen atoms in total. The number of benzene rings is 2. The zero-order chi connectivity index (χ0) is 83.8. The number of nitrogens with zero attached hydrogens (tertiary/aromatic N) is 4. The van der Waals surface area contributed by atoms with Crippen molar-refractivity contribution < 1.29 is 190 Å². The van der Waals surface area contributed by atoms with Gasteiger partial charge in [0.25, 0.3) is 5.91 Å². The first-order valence-electron chi connectivity index (χ1n) is 34.5. The molecule has 2 aromatic rings. The van der Waals surface area contributed by atoms with E-state index in [-0.39, 0.29) is 30.6 Å². The molecule has 4 amide bonds. The molecule has 0 radical (unpaired) electrons. The van der Waals surface area contributed by atoms with Gasteiger partial charge >= 0.3 is 35.6 Å². The molecule has 30 atom stereocenters. The van der Waals surface area contributed by atoms with E-state index in [9.17, 15) is 142 Å². The molecule has 6 saturated heterocycles. The molecule has 113 heavy (non-hydrogen) atoms. The van der Waals surface area contributed by atoms with Gasteiger partial charge < -0.3 is 172 Å². The standard InChI is InChI=1S/C38H53F3N6O22.C15H25NO11.C10H11F3N4/c1-11(50)44-17-26(19(52)15(9-48)63-33(17)62)65-36-25(58)23(56)28(30(69-36)32(60)61)67-34-18(45-12(2)51)27(20(53)16(10-49)64-34)66-35-24(57)21(54)22(55)29(68-35)31(59)43-8-7-42-14-5-3-13(4-6-14)37(46-47-37)38(39,40)41;1-4(18)16-8-5(9(19)7(3-17)27-15(8)25)2-6-10(20)11(21)12(22)13(26-6)14(23)24;11-10(12,13)9(16-17-9)7-1-3-8(4-2-7)15-6-5-14/h3-6,15-30,33-36,42,48-49,52-58,62H,7-10H2,1-2H3,(H,43,59)(H,44,50)(H,45,51)(H,60,61);5-13,15,17,19-22,25H,2-3H2,1H3,(H,16,18)(H,23,24);1-4,15H,5-6,14H2. The van der Waals surface area contributed by atoms with E-state index in [0.29, 0.717) is 18.8 Å². The van der Waals surface area contributed by atoms with Crippen molar-refractivity contribution in [2.75, 3.05) is 56.6 Å². The van der Waals surface area contributed by atoms with Crippen LogP contribution in [-0.2, 0) is 82.7 Å². The number of amides is 4. The number of carbonyl (C=O) groups excluding carboxylic acids is 4. The molecular formula is C63H89F6N11O33. The molecule has 50 heteroatoms. The summed E-state index contributed by atoms with van der Waals surface area (Å²) in [6.07, 6.45) is -59.2. The van der Waals surface area contributed by atoms with Gasteiger partial charge in [-0.05, 0) is 30.7 Å². The molecule has 0 saturated carbocycles. The number of carboxylic acid groups (broad SMARTS) is 2. The Morgan fingerprint density at radius 2 is 0.832 bits per heavy atom. The number of nitrogens with one attached hydrogen (secondary N) is 6. The minimum atomic E-state index is -4.73. The van der Waals surface area contributed by atoms with E-state index >= 15 is 0 Å². The van der Waals surface area contributed by atoms with E-state index in [0.717, 1.165) is 31.7 Å². The molecule has 8 heterocycles. The zero-order valence-electron chi connectivity index (χ0n) is 59.4. The smallest absolute Gasteiger partial charge is 0.442 e. The zero-order valence-corrected chi connectivity index (χ0v) is 59.4. The van der Waals surface area contributed by atoms with Crippen LogP contribution in [0.5, 0.6) is 0 Å². The fourth-order valence-corrected chi connectivity index (χ4v) is 13.1. The first-order chi connectivity index (χ1) is 53.0. The van der Waals surface area contributed by atoms with Crippen molar-refractivity contribution in [3.63, 3.8) is 0 Å². The summed E-state index contributed by atoms with van der Waals surface area (Å²) in [5.74, 6) is -7.78. The van der Waals surface area contributed by atoms with E-state index < -0.39 is 263 Å². The van der Waals surface area contributed by atoms with Gasteiger partial charge in [-0.25, -0.2) is 9.59 Å². The van der Waals surface area contributed by atoms with E-state index in [4.69, 9.17) is 53.5 Å². The minimum Gasteiger partial charge on any atom is -0.479 e. The lowest BCUT2D eigenvalue weighted by atomic mass is 9.80. The quantitative estimate of drug-likeness (QED) is 0.0307. The number of anilines is 2. The number of alkyl halides is 6. The van der Waals surface area contributed by atoms with Crippen LogP contribution in [0.4, 0.5) is 37.7 Å². The summed E-state index contributed by atoms with van der Waals surface area (Å²) in [7, 11) is 0. The number of hydrogen-bond acceptors (Lipinski definition) is 38. The summed E-state index contributed by atoms with van der Waals surface area (Å²) < 4.78 is 127. The van der Waals surface area contributed by atoms with Gasteiger partial charge in [-0.1, -0.05) is 24.3 Å². The topological polar surface area (TPSA) is 697 Å². The molecule has 8 aliphatic heterocycles. The summed E-state index contributed by atoms with van der Waals surface area (Å²) in [5.41, 5.74) is 1.20. The van der Waals surface area contributed by atoms with Crippen molar-refractivity contribution in [2.24, 2.45) is 32.1 Å². The number of rotatable bonds is 26. The number of nitrogens with two attached hydrogens (primary N) is 1. The lowest BCUT2D eigenvalue weighted by Gasteiger charge is -2.49. The van der Waals surface area contributed by atoms with Gasteiger partial charge in [-0.3, -0.25) is 19.2 Å². The highest BCUT2D eigenvalue weighted by atomic mass is 19.4. The van der Waals surface area contributed by atoms with Crippen LogP contribution in [0.3, 0.4) is 0 Å². The highest BCUT2D eigenvalue weighted by molar-refractivity contribution is 5.82. The van der Waals surface area contributed by atoms with Gasteiger partial charge in [0.1, 0.15) is 110 Å². The van der Waals surface area contributed by atoms with Crippen LogP contribution in [-0.4, -0.2) is 364 Å². The second-order valence-corrected chi connectivity index (χ2v) is 26.9. The Balaban J connectivity index is 0.000000293. The molecule has 8 aliphatic rings. The van der Waals surface area contributed by atoms with Gasteiger partial charge in [0.15, 0.2) is 49.8 Å². The monoisotopic (exact) mass is 1640 g/mol. The Bertz CT molecular complexity index is 3580. The van der Waals surface area contributed by atoms with Crippen LogP contribution in [0.1, 0.15) is 38.3 Å². The van der Waals surface area contributed by atoms with Crippen LogP contribution < -0.4 is 37.6 Å². The first-order valence-corrected chi connectivity index (χ1v) is 34.5. The number of aliphatic hydroxyl groups excluding tert-OH is 16. The van der Waals surface area contributed by atoms with Crippen molar-refractivity contribution in [1.82, 2.24) is 21.3 Å². The third-order valence-corrected chi connectivity index (χ3v) is 19.1. The summed E-state index contributed by atoms with van der Waals surface area (Å²) in [4.78, 5) is 73.0. The summed E-state index contributed by atoms with van der Waals surface area (Å²) in [6, 6.07) is 6.19. The van der Waals surface area contributed by atoms with Crippen molar-refractivity contribution in [2.45, 2.75) is 229 Å². The number of aliphatic carboxylic acids is 2. The van der Waals surface area contributed by atoms with Crippen LogP contribution in [0.25, 0.3) is 0 Å². The molecule has 30 unspecified atom stereocenters. The van der Waals surface area contributed by atoms with Gasteiger partial charge in [-0.2, -0.15) is 26.3 Å². The maximum atomic E-state index is 13.3. The number of halogens is 6. The van der Waals surface area contributed by atoms with Crippen molar-refractivity contribution >= 4 is 46.9 Å². The van der Waals surface area contributed by atoms with Crippen LogP contribution >= 0.6 is 0 Å². The Morgan fingerprint density at radius 3 is 1.28 bits per heavy atom. The molecular weight excluding hydrogens is 1550 g/mol. The second kappa shape index (κ2) is 38.1. The third-order valence-electron chi connectivity index (χ3n) is 19.1. The van der Waals surface area contributed by atoms with Crippen LogP contribution in [0.2, 0.25) is 0 Å². The molecule has 6 fully saturated rings. The third kappa shape index (κ3) is 20.9. The SMILES string of the molecule is CC(=O)NC1C(O)OC(CO)C(O)C1CC1OC(C(=O)O)C(O)C(O)C1O.CC(=O)NC1C(O)OC(CO)C(O)C1OC1OC(C(=O)O)C(OC2OC(CO)C(O)C(OC3OC(C(=O)NCCNc4ccc(C5(C(F)(F)F)N=N5)cc4)C(O)C(O)C3O)C2NC(C)=O)C(O)C1O.NCCNc1ccc(C2(C(F)(F)F)N=N2)cc1. The molecule has 636 valence electrons. The summed E-state index contributed by atoms with van der Waals surface area (Å²) in [6.45, 7) is 1.33. The average Bonchev–Trinajstić information content (AvgIpc) is 1.15. The second-order valence-electron chi connectivity index (χ2n) is 26.9. The Hall–Kier alpha value is -7.40. The molecule has 0 aromatic heterocycles. The van der Waals surface area contributed by atoms with Gasteiger partial charge in [-0.15, -0.1) is 20.5 Å². The van der Waals surface area contributed by atoms with E-state index in [1.54, 1.807) is 12.1 Å². The van der Waals surface area contributed by atoms with Crippen molar-refractivity contribution in [3.8, 4) is 0 Å². The first kappa shape index (κ1) is 91.1. The van der Waals surface area contributed by atoms with E-state index in [1.807, 2.05) is 0 Å². The molecule has 2 aromatic carbocycles. The summed E-state index contributed by atoms with van der Waals surface area (Å²) >= 11 is 0. The fourth-order valence-electron chi connectivity index (χ4n) is 13.1. The Morgan fingerprint density at radius 1 is 0.434 bits per heavy atom. The molecule has 0 spiro atoms. The Labute approximate surface area is 633 Å². The van der Waals surface area contributed by atoms with Gasteiger partial charge in [0.05, 0.1) is 38.1 Å². The molecule has 10 rings (SSSR count). The molecule has 26 N–H and O–H groups in total. The number of carbonyl (C=O) groups is 6. The number of ether oxygens (including phenoxy) is 9. The lowest BCUT2D eigenvalue weighted by Crippen LogP contribution is -2.70. The van der Waals surface area contributed by atoms with Crippen molar-refractivity contribution in [1.29, 1.82) is 0 Å². The molecule has 0 aliphatic carbocycles. The van der Waals surface area contributed by atoms with Crippen LogP contribution in [0, 0.1) is 5.92 Å². The van der Waals surface area contributed by atoms with Crippen molar-refractivity contribution in [3.05, 3.63) is 59.7 Å². The van der Waals surface area contributed by atoms with Gasteiger partial charge in [0, 0.05) is 75.4 Å². The number of aliphatic hydroxyl groups is 16. The highest BCUT2D eigenvalue weighted by Gasteiger charge is 2.67. The van der Waals surface area contributed by atoms with E-state index in [2.05, 4.69) is 52.4 Å². The normalized spacial score (nSPS) is 37.6. The number of hydrogen-bond donors (Lipinski definition) is 25.